The van der Waals surface area contributed by atoms with E-state index in [0.29, 0.717) is 13.2 Å². The lowest BCUT2D eigenvalue weighted by Gasteiger charge is -2.19. The van der Waals surface area contributed by atoms with E-state index in [0.717, 1.165) is 0 Å². The second kappa shape index (κ2) is 10.5. The van der Waals surface area contributed by atoms with Crippen LogP contribution in [0.1, 0.15) is 0 Å². The summed E-state index contributed by atoms with van der Waals surface area (Å²) in [6, 6.07) is 1.78. The van der Waals surface area contributed by atoms with Crippen molar-refractivity contribution in [2.75, 3.05) is 46.6 Å². The van der Waals surface area contributed by atoms with E-state index >= 15 is 0 Å². The minimum Gasteiger partial charge on any atom is -0.395 e. The Bertz CT molecular complexity index is 306. The summed E-state index contributed by atoms with van der Waals surface area (Å²) in [5, 5.41) is 29.3. The number of methoxy groups -OCH3 is 1. The van der Waals surface area contributed by atoms with Crippen LogP contribution in [0.2, 0.25) is 0 Å². The van der Waals surface area contributed by atoms with E-state index in [1.54, 1.807) is 13.2 Å². The van der Waals surface area contributed by atoms with E-state index in [4.69, 9.17) is 20.2 Å². The molecule has 7 heteroatoms. The Morgan fingerprint density at radius 1 is 1.44 bits per heavy atom. The van der Waals surface area contributed by atoms with Gasteiger partial charge in [0, 0.05) is 32.9 Å². The smallest absolute Gasteiger partial charge is 0.266 e. The highest BCUT2D eigenvalue weighted by atomic mass is 16.5. The molecule has 0 saturated carbocycles. The van der Waals surface area contributed by atoms with Crippen LogP contribution in [-0.4, -0.2) is 67.6 Å². The number of aliphatic hydroxyl groups is 2. The predicted octanol–water partition coefficient (Wildman–Crippen LogP) is -1.56. The third kappa shape index (κ3) is 6.20. The second-order valence-electron chi connectivity index (χ2n) is 3.36. The van der Waals surface area contributed by atoms with Crippen molar-refractivity contribution >= 4 is 5.91 Å². The molecule has 1 amide bonds. The second-order valence-corrected chi connectivity index (χ2v) is 3.36. The van der Waals surface area contributed by atoms with Crippen molar-refractivity contribution in [1.82, 2.24) is 10.2 Å². The predicted molar refractivity (Wildman–Crippen MR) is 64.3 cm³/mol. The maximum Gasteiger partial charge on any atom is 0.266 e. The summed E-state index contributed by atoms with van der Waals surface area (Å²) in [5.41, 5.74) is -0.0759. The van der Waals surface area contributed by atoms with E-state index < -0.39 is 5.91 Å². The van der Waals surface area contributed by atoms with E-state index in [1.165, 1.54) is 11.1 Å². The van der Waals surface area contributed by atoms with E-state index in [1.807, 2.05) is 0 Å². The van der Waals surface area contributed by atoms with Crippen molar-refractivity contribution in [3.63, 3.8) is 0 Å². The summed E-state index contributed by atoms with van der Waals surface area (Å²) in [4.78, 5) is 13.1. The third-order valence-corrected chi connectivity index (χ3v) is 2.07. The van der Waals surface area contributed by atoms with Gasteiger partial charge >= 0.3 is 0 Å². The number of nitrogens with one attached hydrogen (secondary N) is 1. The van der Waals surface area contributed by atoms with Gasteiger partial charge in [-0.2, -0.15) is 5.26 Å². The first-order chi connectivity index (χ1) is 8.71. The Kier molecular flexibility index (Phi) is 9.58. The van der Waals surface area contributed by atoms with Crippen molar-refractivity contribution in [2.45, 2.75) is 0 Å². The molecule has 0 rings (SSSR count). The van der Waals surface area contributed by atoms with Gasteiger partial charge in [-0.3, -0.25) is 4.79 Å². The number of ether oxygens (including phenoxy) is 1. The minimum absolute atomic E-state index is 0.0759. The minimum atomic E-state index is -0.523. The summed E-state index contributed by atoms with van der Waals surface area (Å²) < 4.78 is 4.81. The molecule has 0 radical (unpaired) electrons. The number of rotatable bonds is 9. The molecule has 0 aromatic carbocycles. The lowest BCUT2D eigenvalue weighted by atomic mass is 10.2. The van der Waals surface area contributed by atoms with E-state index in [9.17, 15) is 4.79 Å². The first-order valence-corrected chi connectivity index (χ1v) is 5.54. The SMILES string of the molecule is COCCN/C=C(/C#N)C(=O)N(CCO)CCO. The molecule has 0 aliphatic carbocycles. The van der Waals surface area contributed by atoms with Gasteiger partial charge in [0.1, 0.15) is 11.6 Å². The fourth-order valence-electron chi connectivity index (χ4n) is 1.20. The van der Waals surface area contributed by atoms with Gasteiger partial charge < -0.3 is 25.2 Å². The molecule has 102 valence electrons. The summed E-state index contributed by atoms with van der Waals surface area (Å²) in [6.07, 6.45) is 1.31. The van der Waals surface area contributed by atoms with Crippen molar-refractivity contribution in [3.05, 3.63) is 11.8 Å². The van der Waals surface area contributed by atoms with Gasteiger partial charge in [-0.1, -0.05) is 0 Å². The normalized spacial score (nSPS) is 10.9. The molecule has 0 aliphatic rings. The summed E-state index contributed by atoms with van der Waals surface area (Å²) in [6.45, 7) is 0.658. The molecule has 0 aromatic rings. The number of hydrogen-bond donors (Lipinski definition) is 3. The highest BCUT2D eigenvalue weighted by Gasteiger charge is 2.17. The Hall–Kier alpha value is -1.62. The number of aliphatic hydroxyl groups excluding tert-OH is 2. The standard InChI is InChI=1S/C11H19N3O4/c1-18-7-2-13-9-10(8-12)11(17)14(3-5-15)4-6-16/h9,13,15-16H,2-7H2,1H3/b10-9-. The Balaban J connectivity index is 4.51. The largest absolute Gasteiger partial charge is 0.395 e. The van der Waals surface area contributed by atoms with Crippen LogP contribution in [0.25, 0.3) is 0 Å². The zero-order chi connectivity index (χ0) is 13.8. The quantitative estimate of drug-likeness (QED) is 0.262. The van der Waals surface area contributed by atoms with Gasteiger partial charge in [0.15, 0.2) is 0 Å². The molecule has 0 bridgehead atoms. The van der Waals surface area contributed by atoms with Crippen LogP contribution in [0.4, 0.5) is 0 Å². The molecule has 18 heavy (non-hydrogen) atoms. The molecule has 0 fully saturated rings. The summed E-state index contributed by atoms with van der Waals surface area (Å²) in [7, 11) is 1.55. The molecule has 7 nitrogen and oxygen atoms in total. The van der Waals surface area contributed by atoms with Crippen LogP contribution in [-0.2, 0) is 9.53 Å². The number of nitriles is 1. The first-order valence-electron chi connectivity index (χ1n) is 5.54. The van der Waals surface area contributed by atoms with Gasteiger partial charge in [0.2, 0.25) is 0 Å². The van der Waals surface area contributed by atoms with Gasteiger partial charge in [0.25, 0.3) is 5.91 Å². The molecular formula is C11H19N3O4. The molecule has 0 atom stereocenters. The van der Waals surface area contributed by atoms with Crippen LogP contribution < -0.4 is 5.32 Å². The van der Waals surface area contributed by atoms with Gasteiger partial charge in [-0.25, -0.2) is 0 Å². The van der Waals surface area contributed by atoms with Crippen molar-refractivity contribution < 1.29 is 19.7 Å². The number of hydrogen-bond acceptors (Lipinski definition) is 6. The zero-order valence-electron chi connectivity index (χ0n) is 10.4. The maximum atomic E-state index is 11.9. The topological polar surface area (TPSA) is 106 Å². The highest BCUT2D eigenvalue weighted by molar-refractivity contribution is 5.97. The fourth-order valence-corrected chi connectivity index (χ4v) is 1.20. The number of amides is 1. The maximum absolute atomic E-state index is 11.9. The average Bonchev–Trinajstić information content (AvgIpc) is 2.38. The molecule has 3 N–H and O–H groups in total. The molecule has 0 aliphatic heterocycles. The Morgan fingerprint density at radius 2 is 2.06 bits per heavy atom. The monoisotopic (exact) mass is 257 g/mol. The Morgan fingerprint density at radius 3 is 2.50 bits per heavy atom. The number of carbonyl (C=O) groups is 1. The van der Waals surface area contributed by atoms with E-state index in [2.05, 4.69) is 5.32 Å². The fraction of sp³-hybridized carbons (Fsp3) is 0.636. The van der Waals surface area contributed by atoms with Crippen molar-refractivity contribution in [1.29, 1.82) is 5.26 Å². The van der Waals surface area contributed by atoms with Gasteiger partial charge in [-0.15, -0.1) is 0 Å². The van der Waals surface area contributed by atoms with Crippen molar-refractivity contribution in [2.24, 2.45) is 0 Å². The number of nitrogens with zero attached hydrogens (tertiary/aromatic N) is 2. The lowest BCUT2D eigenvalue weighted by molar-refractivity contribution is -0.127. The van der Waals surface area contributed by atoms with Crippen LogP contribution >= 0.6 is 0 Å². The van der Waals surface area contributed by atoms with Crippen LogP contribution in [0.5, 0.6) is 0 Å². The van der Waals surface area contributed by atoms with E-state index in [-0.39, 0.29) is 31.9 Å². The summed E-state index contributed by atoms with van der Waals surface area (Å²) in [5.74, 6) is -0.523. The molecule has 0 heterocycles. The molecule has 0 unspecified atom stereocenters. The first kappa shape index (κ1) is 16.4. The number of carbonyl (C=O) groups excluding carboxylic acids is 1. The average molecular weight is 257 g/mol. The van der Waals surface area contributed by atoms with Crippen LogP contribution in [0, 0.1) is 11.3 Å². The lowest BCUT2D eigenvalue weighted by Crippen LogP contribution is -2.37. The van der Waals surface area contributed by atoms with Gasteiger partial charge in [0.05, 0.1) is 19.8 Å². The van der Waals surface area contributed by atoms with Gasteiger partial charge in [-0.05, 0) is 0 Å². The highest BCUT2D eigenvalue weighted by Crippen LogP contribution is 2.00. The molecular weight excluding hydrogens is 238 g/mol. The Labute approximate surface area is 106 Å². The molecule has 0 spiro atoms. The molecule has 0 aromatic heterocycles. The zero-order valence-corrected chi connectivity index (χ0v) is 10.4. The third-order valence-electron chi connectivity index (χ3n) is 2.07. The summed E-state index contributed by atoms with van der Waals surface area (Å²) >= 11 is 0. The molecule has 0 saturated heterocycles. The van der Waals surface area contributed by atoms with Crippen LogP contribution in [0.15, 0.2) is 11.8 Å². The van der Waals surface area contributed by atoms with Crippen molar-refractivity contribution in [3.8, 4) is 6.07 Å². The van der Waals surface area contributed by atoms with Crippen LogP contribution in [0.3, 0.4) is 0 Å².